The highest BCUT2D eigenvalue weighted by molar-refractivity contribution is 9.10. The van der Waals surface area contributed by atoms with Gasteiger partial charge < -0.3 is 10.1 Å². The molecule has 1 saturated carbocycles. The standard InChI is InChI=1S/C23H23BrClN3O3/c1-23(2,3)31-22(30)27-19(13-9-10-13)20-26-16-12-11-15(25)18(24)17(16)21(29)28(20)14-7-5-4-6-8-14/h4-8,11-13,19H,9-10H2,1-3H3,(H,27,30)/t19-/m0/s1. The van der Waals surface area contributed by atoms with Gasteiger partial charge in [-0.05, 0) is 79.7 Å². The number of fused-ring (bicyclic) bond motifs is 1. The van der Waals surface area contributed by atoms with E-state index in [1.807, 2.05) is 51.1 Å². The summed E-state index contributed by atoms with van der Waals surface area (Å²) in [7, 11) is 0. The van der Waals surface area contributed by atoms with Crippen LogP contribution in [0.2, 0.25) is 5.02 Å². The maximum Gasteiger partial charge on any atom is 0.408 e. The minimum atomic E-state index is -0.629. The average Bonchev–Trinajstić information content (AvgIpc) is 3.53. The van der Waals surface area contributed by atoms with Crippen LogP contribution in [0.3, 0.4) is 0 Å². The van der Waals surface area contributed by atoms with Crippen molar-refractivity contribution in [2.45, 2.75) is 45.3 Å². The van der Waals surface area contributed by atoms with Crippen LogP contribution in [-0.2, 0) is 4.74 Å². The topological polar surface area (TPSA) is 73.2 Å². The molecule has 31 heavy (non-hydrogen) atoms. The number of benzene rings is 2. The summed E-state index contributed by atoms with van der Waals surface area (Å²) in [6.45, 7) is 5.44. The Morgan fingerprint density at radius 1 is 1.23 bits per heavy atom. The zero-order valence-corrected chi connectivity index (χ0v) is 19.8. The summed E-state index contributed by atoms with van der Waals surface area (Å²) < 4.78 is 7.54. The summed E-state index contributed by atoms with van der Waals surface area (Å²) in [6.07, 6.45) is 1.34. The Morgan fingerprint density at radius 3 is 2.52 bits per heavy atom. The fourth-order valence-corrected chi connectivity index (χ4v) is 4.18. The number of halogens is 2. The van der Waals surface area contributed by atoms with Gasteiger partial charge in [-0.1, -0.05) is 29.8 Å². The lowest BCUT2D eigenvalue weighted by atomic mass is 10.1. The molecule has 6 nitrogen and oxygen atoms in total. The summed E-state index contributed by atoms with van der Waals surface area (Å²) >= 11 is 9.69. The van der Waals surface area contributed by atoms with Crippen molar-refractivity contribution in [3.63, 3.8) is 0 Å². The van der Waals surface area contributed by atoms with Crippen molar-refractivity contribution in [2.75, 3.05) is 0 Å². The second-order valence-electron chi connectivity index (χ2n) is 8.66. The Bertz CT molecular complexity index is 1200. The van der Waals surface area contributed by atoms with Crippen LogP contribution in [0.4, 0.5) is 4.79 Å². The van der Waals surface area contributed by atoms with E-state index in [4.69, 9.17) is 21.3 Å². The Kier molecular flexibility index (Phi) is 5.83. The lowest BCUT2D eigenvalue weighted by Gasteiger charge is -2.25. The van der Waals surface area contributed by atoms with Crippen LogP contribution in [0, 0.1) is 5.92 Å². The molecule has 1 aliphatic rings. The number of nitrogens with zero attached hydrogens (tertiary/aromatic N) is 2. The molecule has 1 atom stereocenters. The van der Waals surface area contributed by atoms with Gasteiger partial charge in [0.2, 0.25) is 0 Å². The van der Waals surface area contributed by atoms with Crippen LogP contribution in [0.15, 0.2) is 51.7 Å². The molecule has 0 saturated heterocycles. The van der Waals surface area contributed by atoms with Gasteiger partial charge in [0, 0.05) is 0 Å². The molecule has 1 amide bonds. The van der Waals surface area contributed by atoms with Crippen LogP contribution in [0.5, 0.6) is 0 Å². The third-order valence-electron chi connectivity index (χ3n) is 5.01. The van der Waals surface area contributed by atoms with Gasteiger partial charge in [-0.3, -0.25) is 9.36 Å². The Balaban J connectivity index is 1.92. The molecule has 0 spiro atoms. The first-order chi connectivity index (χ1) is 14.7. The number of carbonyl (C=O) groups excluding carboxylic acids is 1. The number of alkyl carbamates (subject to hydrolysis) is 1. The second kappa shape index (κ2) is 8.28. The maximum absolute atomic E-state index is 13.7. The SMILES string of the molecule is CC(C)(C)OC(=O)N[C@H](c1nc2ccc(Cl)c(Br)c2c(=O)n1-c1ccccc1)C1CC1. The highest BCUT2D eigenvalue weighted by atomic mass is 79.9. The summed E-state index contributed by atoms with van der Waals surface area (Å²) in [6, 6.07) is 12.2. The highest BCUT2D eigenvalue weighted by Gasteiger charge is 2.38. The molecule has 1 heterocycles. The molecule has 0 bridgehead atoms. The minimum absolute atomic E-state index is 0.183. The fraction of sp³-hybridized carbons (Fsp3) is 0.348. The molecule has 1 N–H and O–H groups in total. The molecular formula is C23H23BrClN3O3. The molecule has 162 valence electrons. The molecule has 3 aromatic rings. The molecule has 1 fully saturated rings. The van der Waals surface area contributed by atoms with Crippen molar-refractivity contribution in [3.8, 4) is 5.69 Å². The molecule has 1 aliphatic carbocycles. The quantitative estimate of drug-likeness (QED) is 0.489. The van der Waals surface area contributed by atoms with Crippen LogP contribution >= 0.6 is 27.5 Å². The number of ether oxygens (including phenoxy) is 1. The second-order valence-corrected chi connectivity index (χ2v) is 9.86. The zero-order chi connectivity index (χ0) is 22.3. The van der Waals surface area contributed by atoms with E-state index >= 15 is 0 Å². The number of carbonyl (C=O) groups is 1. The van der Waals surface area contributed by atoms with Gasteiger partial charge in [0.05, 0.1) is 32.1 Å². The smallest absolute Gasteiger partial charge is 0.408 e. The van der Waals surface area contributed by atoms with Crippen LogP contribution in [-0.4, -0.2) is 21.2 Å². The van der Waals surface area contributed by atoms with Gasteiger partial charge in [0.25, 0.3) is 5.56 Å². The third-order valence-corrected chi connectivity index (χ3v) is 6.38. The monoisotopic (exact) mass is 503 g/mol. The van der Waals surface area contributed by atoms with Gasteiger partial charge in [0.15, 0.2) is 0 Å². The van der Waals surface area contributed by atoms with Crippen molar-refractivity contribution >= 4 is 44.5 Å². The number of amides is 1. The van der Waals surface area contributed by atoms with Gasteiger partial charge >= 0.3 is 6.09 Å². The minimum Gasteiger partial charge on any atom is -0.444 e. The molecule has 0 unspecified atom stereocenters. The van der Waals surface area contributed by atoms with E-state index in [2.05, 4.69) is 21.2 Å². The number of para-hydroxylation sites is 1. The molecule has 0 radical (unpaired) electrons. The Labute approximate surface area is 193 Å². The molecule has 4 rings (SSSR count). The molecule has 1 aromatic heterocycles. The third kappa shape index (κ3) is 4.62. The van der Waals surface area contributed by atoms with E-state index in [1.54, 1.807) is 16.7 Å². The number of nitrogens with one attached hydrogen (secondary N) is 1. The first kappa shape index (κ1) is 21.8. The molecule has 8 heteroatoms. The normalized spacial score (nSPS) is 15.0. The predicted molar refractivity (Wildman–Crippen MR) is 125 cm³/mol. The van der Waals surface area contributed by atoms with Crippen molar-refractivity contribution in [2.24, 2.45) is 5.92 Å². The largest absolute Gasteiger partial charge is 0.444 e. The molecule has 2 aromatic carbocycles. The van der Waals surface area contributed by atoms with Gasteiger partial charge in [0.1, 0.15) is 11.4 Å². The van der Waals surface area contributed by atoms with Gasteiger partial charge in [-0.25, -0.2) is 9.78 Å². The van der Waals surface area contributed by atoms with Crippen molar-refractivity contribution in [1.82, 2.24) is 14.9 Å². The van der Waals surface area contributed by atoms with E-state index in [0.29, 0.717) is 31.9 Å². The van der Waals surface area contributed by atoms with Crippen LogP contribution < -0.4 is 10.9 Å². The number of rotatable bonds is 4. The first-order valence-corrected chi connectivity index (χ1v) is 11.3. The Hall–Kier alpha value is -2.38. The lowest BCUT2D eigenvalue weighted by Crippen LogP contribution is -2.38. The summed E-state index contributed by atoms with van der Waals surface area (Å²) in [5.41, 5.74) is 0.299. The zero-order valence-electron chi connectivity index (χ0n) is 17.5. The summed E-state index contributed by atoms with van der Waals surface area (Å²) in [5, 5.41) is 3.79. The van der Waals surface area contributed by atoms with E-state index < -0.39 is 17.7 Å². The molecular weight excluding hydrogens is 482 g/mol. The number of aromatic nitrogens is 2. The number of hydrogen-bond donors (Lipinski definition) is 1. The fourth-order valence-electron chi connectivity index (χ4n) is 3.52. The van der Waals surface area contributed by atoms with Gasteiger partial charge in [-0.15, -0.1) is 0 Å². The van der Waals surface area contributed by atoms with Crippen molar-refractivity contribution in [1.29, 1.82) is 0 Å². The highest BCUT2D eigenvalue weighted by Crippen LogP contribution is 2.41. The maximum atomic E-state index is 13.7. The predicted octanol–water partition coefficient (Wildman–Crippen LogP) is 5.78. The van der Waals surface area contributed by atoms with E-state index in [9.17, 15) is 9.59 Å². The number of hydrogen-bond acceptors (Lipinski definition) is 4. The first-order valence-electron chi connectivity index (χ1n) is 10.1. The van der Waals surface area contributed by atoms with E-state index in [-0.39, 0.29) is 11.5 Å². The van der Waals surface area contributed by atoms with Crippen molar-refractivity contribution in [3.05, 3.63) is 68.1 Å². The lowest BCUT2D eigenvalue weighted by molar-refractivity contribution is 0.0493. The van der Waals surface area contributed by atoms with E-state index in [1.165, 1.54) is 0 Å². The van der Waals surface area contributed by atoms with Gasteiger partial charge in [-0.2, -0.15) is 0 Å². The Morgan fingerprint density at radius 2 is 1.90 bits per heavy atom. The average molecular weight is 505 g/mol. The summed E-state index contributed by atoms with van der Waals surface area (Å²) in [4.78, 5) is 31.1. The summed E-state index contributed by atoms with van der Waals surface area (Å²) in [5.74, 6) is 0.661. The van der Waals surface area contributed by atoms with E-state index in [0.717, 1.165) is 12.8 Å². The van der Waals surface area contributed by atoms with Crippen molar-refractivity contribution < 1.29 is 9.53 Å². The van der Waals surface area contributed by atoms with Crippen LogP contribution in [0.25, 0.3) is 16.6 Å². The molecule has 0 aliphatic heterocycles. The van der Waals surface area contributed by atoms with Crippen LogP contribution in [0.1, 0.15) is 45.5 Å².